The van der Waals surface area contributed by atoms with Gasteiger partial charge in [-0.3, -0.25) is 18.5 Å². The molecule has 0 atom stereocenters. The van der Waals surface area contributed by atoms with Crippen LogP contribution in [0.15, 0.2) is 26.8 Å². The van der Waals surface area contributed by atoms with Crippen LogP contribution in [0.3, 0.4) is 0 Å². The third kappa shape index (κ3) is 2.72. The summed E-state index contributed by atoms with van der Waals surface area (Å²) < 4.78 is 5.82. The summed E-state index contributed by atoms with van der Waals surface area (Å²) in [5, 5.41) is 5.05. The van der Waals surface area contributed by atoms with Crippen LogP contribution >= 0.6 is 11.6 Å². The fourth-order valence-electron chi connectivity index (χ4n) is 2.82. The average molecular weight is 363 g/mol. The topological polar surface area (TPSA) is 79.6 Å². The van der Waals surface area contributed by atoms with Gasteiger partial charge in [-0.1, -0.05) is 17.7 Å². The van der Waals surface area contributed by atoms with Gasteiger partial charge in [0, 0.05) is 31.4 Å². The highest BCUT2D eigenvalue weighted by Gasteiger charge is 2.21. The quantitative estimate of drug-likeness (QED) is 0.705. The first-order valence-electron chi connectivity index (χ1n) is 7.74. The number of aryl methyl sites for hydroxylation is 3. The van der Waals surface area contributed by atoms with Crippen molar-refractivity contribution in [2.75, 3.05) is 0 Å². The van der Waals surface area contributed by atoms with Crippen LogP contribution < -0.4 is 11.2 Å². The SMILES string of the molecule is C/C(Cl)=C\Cn1c(-n2nc(C)cc2C)nc2c1c(=O)n(C)c(=O)n2C. The van der Waals surface area contributed by atoms with E-state index in [4.69, 9.17) is 11.6 Å². The first kappa shape index (κ1) is 17.2. The van der Waals surface area contributed by atoms with Crippen molar-refractivity contribution >= 4 is 22.8 Å². The summed E-state index contributed by atoms with van der Waals surface area (Å²) in [6.45, 7) is 5.89. The minimum Gasteiger partial charge on any atom is -0.299 e. The zero-order chi connectivity index (χ0) is 18.5. The van der Waals surface area contributed by atoms with Crippen molar-refractivity contribution in [3.05, 3.63) is 49.4 Å². The predicted octanol–water partition coefficient (Wildman–Crippen LogP) is 1.38. The second kappa shape index (κ2) is 6.03. The highest BCUT2D eigenvalue weighted by molar-refractivity contribution is 6.29. The van der Waals surface area contributed by atoms with E-state index in [1.54, 1.807) is 29.3 Å². The van der Waals surface area contributed by atoms with Crippen molar-refractivity contribution in [1.29, 1.82) is 0 Å². The van der Waals surface area contributed by atoms with Gasteiger partial charge in [-0.15, -0.1) is 0 Å². The van der Waals surface area contributed by atoms with E-state index in [0.717, 1.165) is 16.0 Å². The molecule has 0 aliphatic carbocycles. The van der Waals surface area contributed by atoms with Gasteiger partial charge in [0.1, 0.15) is 0 Å². The van der Waals surface area contributed by atoms with Crippen LogP contribution in [0.1, 0.15) is 18.3 Å². The highest BCUT2D eigenvalue weighted by atomic mass is 35.5. The summed E-state index contributed by atoms with van der Waals surface area (Å²) >= 11 is 5.97. The number of allylic oxidation sites excluding steroid dienone is 2. The average Bonchev–Trinajstić information content (AvgIpc) is 3.08. The van der Waals surface area contributed by atoms with Gasteiger partial charge in [0.15, 0.2) is 11.2 Å². The lowest BCUT2D eigenvalue weighted by Gasteiger charge is -2.08. The third-order valence-electron chi connectivity index (χ3n) is 4.08. The number of nitrogens with zero attached hydrogens (tertiary/aromatic N) is 6. The van der Waals surface area contributed by atoms with E-state index < -0.39 is 11.2 Å². The molecule has 0 amide bonds. The molecule has 8 nitrogen and oxygen atoms in total. The monoisotopic (exact) mass is 362 g/mol. The molecule has 3 aromatic rings. The highest BCUT2D eigenvalue weighted by Crippen LogP contribution is 2.18. The van der Waals surface area contributed by atoms with Crippen molar-refractivity contribution < 1.29 is 0 Å². The first-order chi connectivity index (χ1) is 11.7. The van der Waals surface area contributed by atoms with Crippen molar-refractivity contribution in [2.45, 2.75) is 27.3 Å². The Bertz CT molecular complexity index is 1120. The normalized spacial score (nSPS) is 12.3. The predicted molar refractivity (Wildman–Crippen MR) is 96.4 cm³/mol. The Morgan fingerprint density at radius 2 is 1.92 bits per heavy atom. The van der Waals surface area contributed by atoms with Crippen molar-refractivity contribution in [2.24, 2.45) is 14.1 Å². The van der Waals surface area contributed by atoms with E-state index in [9.17, 15) is 9.59 Å². The Balaban J connectivity index is 2.46. The Labute approximate surface area is 148 Å². The lowest BCUT2D eigenvalue weighted by atomic mass is 10.4. The Morgan fingerprint density at radius 1 is 1.24 bits per heavy atom. The van der Waals surface area contributed by atoms with Gasteiger partial charge in [0.25, 0.3) is 5.56 Å². The minimum atomic E-state index is -0.425. The van der Waals surface area contributed by atoms with Crippen LogP contribution in [0.25, 0.3) is 17.1 Å². The summed E-state index contributed by atoms with van der Waals surface area (Å²) in [5.74, 6) is 0.466. The summed E-state index contributed by atoms with van der Waals surface area (Å²) in [6.07, 6.45) is 1.78. The Morgan fingerprint density at radius 3 is 2.48 bits per heavy atom. The second-order valence-corrected chi connectivity index (χ2v) is 6.63. The zero-order valence-electron chi connectivity index (χ0n) is 14.7. The molecule has 132 valence electrons. The molecule has 0 unspecified atom stereocenters. The number of hydrogen-bond donors (Lipinski definition) is 0. The van der Waals surface area contributed by atoms with E-state index in [1.165, 1.54) is 11.6 Å². The Hall–Kier alpha value is -2.61. The van der Waals surface area contributed by atoms with Crippen LogP contribution in [0, 0.1) is 13.8 Å². The molecule has 0 aromatic carbocycles. The maximum absolute atomic E-state index is 12.7. The number of imidazole rings is 1. The van der Waals surface area contributed by atoms with E-state index in [1.807, 2.05) is 19.9 Å². The summed E-state index contributed by atoms with van der Waals surface area (Å²) in [6, 6.07) is 1.92. The molecule has 0 bridgehead atoms. The van der Waals surface area contributed by atoms with Crippen molar-refractivity contribution in [1.82, 2.24) is 28.5 Å². The maximum Gasteiger partial charge on any atom is 0.332 e. The molecule has 0 saturated heterocycles. The molecule has 0 aliphatic rings. The number of rotatable bonds is 3. The van der Waals surface area contributed by atoms with Gasteiger partial charge >= 0.3 is 5.69 Å². The molecule has 0 N–H and O–H groups in total. The van der Waals surface area contributed by atoms with E-state index in [-0.39, 0.29) is 0 Å². The van der Waals surface area contributed by atoms with Gasteiger partial charge in [0.2, 0.25) is 5.95 Å². The summed E-state index contributed by atoms with van der Waals surface area (Å²) in [4.78, 5) is 29.5. The fraction of sp³-hybridized carbons (Fsp3) is 0.375. The molecule has 0 radical (unpaired) electrons. The van der Waals surface area contributed by atoms with E-state index in [2.05, 4.69) is 10.1 Å². The van der Waals surface area contributed by atoms with E-state index >= 15 is 0 Å². The molecule has 3 aromatic heterocycles. The van der Waals surface area contributed by atoms with Gasteiger partial charge in [-0.05, 0) is 26.8 Å². The molecule has 0 fully saturated rings. The summed E-state index contributed by atoms with van der Waals surface area (Å²) in [7, 11) is 3.04. The first-order valence-corrected chi connectivity index (χ1v) is 8.12. The van der Waals surface area contributed by atoms with Crippen LogP contribution in [0.2, 0.25) is 0 Å². The molecule has 0 saturated carbocycles. The van der Waals surface area contributed by atoms with Crippen LogP contribution in [-0.4, -0.2) is 28.5 Å². The number of hydrogen-bond acceptors (Lipinski definition) is 4. The van der Waals surface area contributed by atoms with Crippen LogP contribution in [-0.2, 0) is 20.6 Å². The van der Waals surface area contributed by atoms with Crippen molar-refractivity contribution in [3.8, 4) is 5.95 Å². The van der Waals surface area contributed by atoms with Gasteiger partial charge < -0.3 is 0 Å². The molecule has 0 spiro atoms. The number of fused-ring (bicyclic) bond motifs is 1. The number of aromatic nitrogens is 6. The molecule has 25 heavy (non-hydrogen) atoms. The molecule has 3 heterocycles. The van der Waals surface area contributed by atoms with E-state index in [0.29, 0.717) is 28.7 Å². The second-order valence-electron chi connectivity index (χ2n) is 6.03. The Kier molecular flexibility index (Phi) is 4.16. The van der Waals surface area contributed by atoms with Crippen LogP contribution in [0.4, 0.5) is 0 Å². The van der Waals surface area contributed by atoms with Crippen LogP contribution in [0.5, 0.6) is 0 Å². The smallest absolute Gasteiger partial charge is 0.299 e. The van der Waals surface area contributed by atoms with Crippen molar-refractivity contribution in [3.63, 3.8) is 0 Å². The molecule has 0 aliphatic heterocycles. The molecular formula is C16H19ClN6O2. The van der Waals surface area contributed by atoms with Gasteiger partial charge in [-0.2, -0.15) is 10.1 Å². The van der Waals surface area contributed by atoms with Gasteiger partial charge in [0.05, 0.1) is 5.69 Å². The van der Waals surface area contributed by atoms with Gasteiger partial charge in [-0.25, -0.2) is 9.48 Å². The molecular weight excluding hydrogens is 344 g/mol. The standard InChI is InChI=1S/C16H19ClN6O2/c1-9(17)6-7-22-12-13(20(4)16(25)21(5)14(12)24)18-15(22)23-11(3)8-10(2)19-23/h6,8H,7H2,1-5H3/b9-6+. The molecule has 3 rings (SSSR count). The summed E-state index contributed by atoms with van der Waals surface area (Å²) in [5.41, 5.74) is 1.53. The number of halogens is 1. The third-order valence-corrected chi connectivity index (χ3v) is 4.24. The lowest BCUT2D eigenvalue weighted by molar-refractivity contribution is 0.695. The largest absolute Gasteiger partial charge is 0.332 e. The minimum absolute atomic E-state index is 0.316. The zero-order valence-corrected chi connectivity index (χ0v) is 15.5. The lowest BCUT2D eigenvalue weighted by Crippen LogP contribution is -2.37. The maximum atomic E-state index is 12.7. The fourth-order valence-corrected chi connectivity index (χ4v) is 2.89. The molecule has 9 heteroatoms.